The molecule has 1 aromatic carbocycles. The molecule has 16 heteroatoms. The quantitative estimate of drug-likeness (QED) is 0.346. The van der Waals surface area contributed by atoms with Crippen LogP contribution >= 0.6 is 0 Å². The van der Waals surface area contributed by atoms with Crippen molar-refractivity contribution >= 4 is 24.1 Å². The van der Waals surface area contributed by atoms with Gasteiger partial charge in [-0.05, 0) is 18.2 Å². The van der Waals surface area contributed by atoms with Crippen molar-refractivity contribution in [3.63, 3.8) is 0 Å². The van der Waals surface area contributed by atoms with Crippen LogP contribution < -0.4 is 0 Å². The van der Waals surface area contributed by atoms with Gasteiger partial charge in [-0.25, -0.2) is 14.5 Å². The minimum absolute atomic E-state index is 0.0151. The Morgan fingerprint density at radius 1 is 1.05 bits per heavy atom. The van der Waals surface area contributed by atoms with E-state index in [-0.39, 0.29) is 37.9 Å². The molecule has 0 unspecified atom stereocenters. The number of carbonyl (C=O) groups excluding carboxylic acids is 2. The van der Waals surface area contributed by atoms with Gasteiger partial charge in [0.15, 0.2) is 5.82 Å². The van der Waals surface area contributed by atoms with E-state index >= 15 is 0 Å². The van der Waals surface area contributed by atoms with Crippen LogP contribution in [0.2, 0.25) is 0 Å². The molecule has 198 valence electrons. The molecule has 37 heavy (non-hydrogen) atoms. The average Bonchev–Trinajstić information content (AvgIpc) is 3.31. The average molecular weight is 532 g/mol. The third kappa shape index (κ3) is 5.28. The number of benzene rings is 1. The lowest BCUT2D eigenvalue weighted by Gasteiger charge is -2.37. The topological polar surface area (TPSA) is 112 Å². The molecule has 2 fully saturated rings. The van der Waals surface area contributed by atoms with Crippen molar-refractivity contribution in [3.05, 3.63) is 41.4 Å². The van der Waals surface area contributed by atoms with Crippen LogP contribution in [0.1, 0.15) is 11.1 Å². The van der Waals surface area contributed by atoms with Crippen LogP contribution in [0.5, 0.6) is 0 Å². The molecule has 3 amide bonds. The van der Waals surface area contributed by atoms with Crippen LogP contribution in [0.3, 0.4) is 0 Å². The largest absolute Gasteiger partial charge is 0.481 e. The van der Waals surface area contributed by atoms with E-state index in [9.17, 15) is 40.7 Å². The van der Waals surface area contributed by atoms with Gasteiger partial charge in [-0.3, -0.25) is 24.3 Å². The Labute approximate surface area is 204 Å². The number of alkyl halides is 6. The number of urea groups is 1. The van der Waals surface area contributed by atoms with Gasteiger partial charge in [0.2, 0.25) is 0 Å². The molecule has 10 nitrogen and oxygen atoms in total. The number of imide groups is 1. The maximum absolute atomic E-state index is 13.1. The number of rotatable bonds is 6. The Hall–Kier alpha value is -3.95. The van der Waals surface area contributed by atoms with Gasteiger partial charge in [0.05, 0.1) is 23.2 Å². The SMILES string of the molecule is CN1C(=O)N(CCN2CC(C(=O)O)C2)C(=O)C1=Cn1cnc(-c2cc(C(F)(F)F)cc(C(F)(F)F)c2)n1. The highest BCUT2D eigenvalue weighted by molar-refractivity contribution is 6.13. The summed E-state index contributed by atoms with van der Waals surface area (Å²) in [5, 5.41) is 12.8. The van der Waals surface area contributed by atoms with Crippen molar-refractivity contribution in [1.29, 1.82) is 0 Å². The molecule has 0 atom stereocenters. The highest BCUT2D eigenvalue weighted by atomic mass is 19.4. The molecule has 0 radical (unpaired) electrons. The van der Waals surface area contributed by atoms with E-state index in [0.29, 0.717) is 12.1 Å². The van der Waals surface area contributed by atoms with Crippen LogP contribution in [0.4, 0.5) is 31.1 Å². The first-order valence-corrected chi connectivity index (χ1v) is 10.6. The van der Waals surface area contributed by atoms with Crippen molar-refractivity contribution in [3.8, 4) is 11.4 Å². The summed E-state index contributed by atoms with van der Waals surface area (Å²) in [5.41, 5.74) is -3.77. The number of carboxylic acids is 1. The maximum atomic E-state index is 13.1. The molecular weight excluding hydrogens is 514 g/mol. The molecule has 0 bridgehead atoms. The lowest BCUT2D eigenvalue weighted by atomic mass is 10.0. The number of carbonyl (C=O) groups is 3. The molecule has 1 N–H and O–H groups in total. The first kappa shape index (κ1) is 26.1. The van der Waals surface area contributed by atoms with E-state index in [2.05, 4.69) is 10.1 Å². The summed E-state index contributed by atoms with van der Waals surface area (Å²) >= 11 is 0. The standard InChI is InChI=1S/C21H18F6N6O4/c1-30-15(17(34)33(19(30)37)3-2-31-7-12(8-31)18(35)36)9-32-10-28-16(29-32)11-4-13(20(22,23)24)6-14(5-11)21(25,26)27/h4-6,9-10,12H,2-3,7-8H2,1H3,(H,35,36). The molecule has 0 saturated carbocycles. The minimum atomic E-state index is -5.05. The maximum Gasteiger partial charge on any atom is 0.416 e. The molecule has 1 aromatic heterocycles. The van der Waals surface area contributed by atoms with E-state index in [0.717, 1.165) is 27.0 Å². The monoisotopic (exact) mass is 532 g/mol. The number of halogens is 6. The number of amides is 3. The van der Waals surface area contributed by atoms with Gasteiger partial charge in [0.25, 0.3) is 5.91 Å². The minimum Gasteiger partial charge on any atom is -0.481 e. The summed E-state index contributed by atoms with van der Waals surface area (Å²) in [5.74, 6) is -2.61. The van der Waals surface area contributed by atoms with Gasteiger partial charge in [-0.1, -0.05) is 0 Å². The number of hydrogen-bond donors (Lipinski definition) is 1. The number of nitrogens with zero attached hydrogens (tertiary/aromatic N) is 6. The van der Waals surface area contributed by atoms with E-state index in [1.165, 1.54) is 7.05 Å². The summed E-state index contributed by atoms with van der Waals surface area (Å²) in [6.45, 7) is 0.820. The Morgan fingerprint density at radius 3 is 2.19 bits per heavy atom. The number of likely N-dealkylation sites (tertiary alicyclic amines) is 1. The first-order chi connectivity index (χ1) is 17.1. The number of likely N-dealkylation sites (N-methyl/N-ethyl adjacent to an activating group) is 1. The molecule has 2 aliphatic rings. The summed E-state index contributed by atoms with van der Waals surface area (Å²) in [6.07, 6.45) is -8.06. The normalized spacial score (nSPS) is 18.7. The van der Waals surface area contributed by atoms with Crippen LogP contribution in [0, 0.1) is 5.92 Å². The fourth-order valence-electron chi connectivity index (χ4n) is 3.82. The van der Waals surface area contributed by atoms with Crippen LogP contribution in [-0.2, 0) is 21.9 Å². The predicted octanol–water partition coefficient (Wildman–Crippen LogP) is 2.69. The highest BCUT2D eigenvalue weighted by Gasteiger charge is 2.41. The van der Waals surface area contributed by atoms with Gasteiger partial charge in [0, 0.05) is 38.8 Å². The van der Waals surface area contributed by atoms with Crippen LogP contribution in [0.25, 0.3) is 17.6 Å². The zero-order valence-corrected chi connectivity index (χ0v) is 18.9. The van der Waals surface area contributed by atoms with Gasteiger partial charge in [-0.15, -0.1) is 5.10 Å². The Kier molecular flexibility index (Phi) is 6.47. The van der Waals surface area contributed by atoms with E-state index in [4.69, 9.17) is 5.11 Å². The molecule has 3 heterocycles. The molecule has 0 spiro atoms. The third-order valence-electron chi connectivity index (χ3n) is 5.90. The molecule has 2 aromatic rings. The van der Waals surface area contributed by atoms with Crippen molar-refractivity contribution in [1.82, 2.24) is 29.5 Å². The summed E-state index contributed by atoms with van der Waals surface area (Å²) in [4.78, 5) is 43.6. The first-order valence-electron chi connectivity index (χ1n) is 10.6. The lowest BCUT2D eigenvalue weighted by molar-refractivity contribution is -0.148. The zero-order valence-electron chi connectivity index (χ0n) is 18.9. The molecule has 2 aliphatic heterocycles. The fraction of sp³-hybridized carbons (Fsp3) is 0.381. The molecule has 4 rings (SSSR count). The molecular formula is C21H18F6N6O4. The van der Waals surface area contributed by atoms with Crippen LogP contribution in [-0.4, -0.2) is 85.7 Å². The van der Waals surface area contributed by atoms with Gasteiger partial charge >= 0.3 is 24.4 Å². The van der Waals surface area contributed by atoms with Crippen molar-refractivity contribution in [2.75, 3.05) is 33.2 Å². The van der Waals surface area contributed by atoms with E-state index in [1.54, 1.807) is 4.90 Å². The summed E-state index contributed by atoms with van der Waals surface area (Å²) < 4.78 is 79.8. The molecule has 0 aliphatic carbocycles. The highest BCUT2D eigenvalue weighted by Crippen LogP contribution is 2.38. The fourth-order valence-corrected chi connectivity index (χ4v) is 3.82. The van der Waals surface area contributed by atoms with Crippen molar-refractivity contribution < 1.29 is 45.8 Å². The predicted molar refractivity (Wildman–Crippen MR) is 112 cm³/mol. The Morgan fingerprint density at radius 2 is 1.65 bits per heavy atom. The number of aromatic nitrogens is 3. The van der Waals surface area contributed by atoms with Crippen molar-refractivity contribution in [2.24, 2.45) is 5.92 Å². The van der Waals surface area contributed by atoms with Crippen LogP contribution in [0.15, 0.2) is 30.2 Å². The lowest BCUT2D eigenvalue weighted by Crippen LogP contribution is -2.52. The number of hydrogen-bond acceptors (Lipinski definition) is 6. The number of carboxylic acid groups (broad SMARTS) is 1. The van der Waals surface area contributed by atoms with Gasteiger partial charge in [-0.2, -0.15) is 26.3 Å². The second kappa shape index (κ2) is 9.17. The second-order valence-electron chi connectivity index (χ2n) is 8.45. The van der Waals surface area contributed by atoms with E-state index < -0.39 is 58.7 Å². The van der Waals surface area contributed by atoms with Gasteiger partial charge < -0.3 is 5.11 Å². The van der Waals surface area contributed by atoms with Gasteiger partial charge in [0.1, 0.15) is 12.0 Å². The Bertz CT molecular complexity index is 1250. The summed E-state index contributed by atoms with van der Waals surface area (Å²) in [6, 6.07) is 0.270. The summed E-state index contributed by atoms with van der Waals surface area (Å²) in [7, 11) is 1.30. The smallest absolute Gasteiger partial charge is 0.416 e. The third-order valence-corrected chi connectivity index (χ3v) is 5.90. The van der Waals surface area contributed by atoms with E-state index in [1.807, 2.05) is 0 Å². The van der Waals surface area contributed by atoms with Crippen molar-refractivity contribution in [2.45, 2.75) is 12.4 Å². The molecule has 2 saturated heterocycles. The zero-order chi connectivity index (χ0) is 27.3. The second-order valence-corrected chi connectivity index (χ2v) is 8.45. The number of aliphatic carboxylic acids is 1. The Balaban J connectivity index is 1.54.